The number of esters is 1. The van der Waals surface area contributed by atoms with Crippen LogP contribution in [0.3, 0.4) is 0 Å². The van der Waals surface area contributed by atoms with Crippen LogP contribution in [0.1, 0.15) is 47.7 Å². The molecule has 0 saturated carbocycles. The summed E-state index contributed by atoms with van der Waals surface area (Å²) >= 11 is 0. The number of phenolic OH excluding ortho intramolecular Hbond substituents is 1. The Morgan fingerprint density at radius 1 is 1.09 bits per heavy atom. The Hall–Kier alpha value is -2.87. The van der Waals surface area contributed by atoms with Gasteiger partial charge in [-0.3, -0.25) is 0 Å². The lowest BCUT2D eigenvalue weighted by molar-refractivity contribution is -0.104. The summed E-state index contributed by atoms with van der Waals surface area (Å²) in [5.74, 6) is 0.382. The maximum Gasteiger partial charge on any atom is 0.342 e. The molecule has 7 heteroatoms. The highest BCUT2D eigenvalue weighted by Crippen LogP contribution is 2.27. The Morgan fingerprint density at radius 3 is 2.63 bits per heavy atom. The fourth-order valence-corrected chi connectivity index (χ4v) is 4.11. The summed E-state index contributed by atoms with van der Waals surface area (Å²) < 4.78 is 28.1. The maximum absolute atomic E-state index is 13.1. The van der Waals surface area contributed by atoms with Gasteiger partial charge >= 0.3 is 5.97 Å². The number of benzene rings is 2. The minimum atomic E-state index is -0.537. The zero-order valence-corrected chi connectivity index (χ0v) is 20.8. The largest absolute Gasteiger partial charge is 0.507 e. The van der Waals surface area contributed by atoms with Gasteiger partial charge in [0.25, 0.3) is 0 Å². The number of fused-ring (bicyclic) bond motifs is 1. The van der Waals surface area contributed by atoms with Crippen molar-refractivity contribution in [2.24, 2.45) is 5.92 Å². The topological polar surface area (TPSA) is 83.5 Å². The smallest absolute Gasteiger partial charge is 0.342 e. The van der Waals surface area contributed by atoms with E-state index in [0.717, 1.165) is 23.3 Å². The van der Waals surface area contributed by atoms with Crippen LogP contribution in [0.2, 0.25) is 0 Å². The van der Waals surface area contributed by atoms with Crippen molar-refractivity contribution >= 4 is 5.97 Å². The van der Waals surface area contributed by atoms with Crippen LogP contribution >= 0.6 is 0 Å². The van der Waals surface area contributed by atoms with Crippen molar-refractivity contribution < 1.29 is 33.6 Å². The van der Waals surface area contributed by atoms with Crippen molar-refractivity contribution in [3.05, 3.63) is 71.3 Å². The minimum Gasteiger partial charge on any atom is -0.507 e. The number of rotatable bonds is 9. The Labute approximate surface area is 207 Å². The van der Waals surface area contributed by atoms with E-state index in [1.54, 1.807) is 20.3 Å². The summed E-state index contributed by atoms with van der Waals surface area (Å²) in [6.45, 7) is 3.13. The molecule has 190 valence electrons. The summed E-state index contributed by atoms with van der Waals surface area (Å²) in [6.07, 6.45) is 5.85. The highest BCUT2D eigenvalue weighted by molar-refractivity contribution is 5.94. The second-order valence-corrected chi connectivity index (χ2v) is 8.76. The minimum absolute atomic E-state index is 0.0759. The summed E-state index contributed by atoms with van der Waals surface area (Å²) in [4.78, 5) is 13.1. The van der Waals surface area contributed by atoms with Gasteiger partial charge in [-0.25, -0.2) is 4.79 Å². The molecule has 0 radical (unpaired) electrons. The number of hydrogen-bond donors (Lipinski definition) is 1. The first-order valence-corrected chi connectivity index (χ1v) is 12.0. The first-order valence-electron chi connectivity index (χ1n) is 12.0. The van der Waals surface area contributed by atoms with Crippen LogP contribution in [0.4, 0.5) is 0 Å². The predicted molar refractivity (Wildman–Crippen MR) is 133 cm³/mol. The normalized spacial score (nSPS) is 21.8. The van der Waals surface area contributed by atoms with Gasteiger partial charge in [-0.05, 0) is 48.1 Å². The van der Waals surface area contributed by atoms with E-state index >= 15 is 0 Å². The van der Waals surface area contributed by atoms with Crippen LogP contribution in [0.15, 0.2) is 54.6 Å². The SMILES string of the molecule is COCOC1C[C@@H](CCOCc2ccc(OC)cc2)OC(=O)c2c(O)cccc2C/C=C/C[C@H]1C. The van der Waals surface area contributed by atoms with Crippen LogP contribution in [0, 0.1) is 5.92 Å². The molecule has 1 heterocycles. The fraction of sp³-hybridized carbons (Fsp3) is 0.464. The van der Waals surface area contributed by atoms with E-state index in [4.69, 9.17) is 23.7 Å². The van der Waals surface area contributed by atoms with Gasteiger partial charge in [-0.1, -0.05) is 43.3 Å². The van der Waals surface area contributed by atoms with Gasteiger partial charge in [-0.15, -0.1) is 0 Å². The molecule has 7 nitrogen and oxygen atoms in total. The monoisotopic (exact) mass is 484 g/mol. The number of carbonyl (C=O) groups excluding carboxylic acids is 1. The molecule has 0 spiro atoms. The highest BCUT2D eigenvalue weighted by atomic mass is 16.7. The number of carbonyl (C=O) groups is 1. The quantitative estimate of drug-likeness (QED) is 0.231. The molecule has 2 aromatic carbocycles. The molecule has 35 heavy (non-hydrogen) atoms. The van der Waals surface area contributed by atoms with E-state index in [0.29, 0.717) is 32.5 Å². The number of hydrogen-bond acceptors (Lipinski definition) is 7. The lowest BCUT2D eigenvalue weighted by atomic mass is 9.93. The van der Waals surface area contributed by atoms with Crippen molar-refractivity contribution in [2.75, 3.05) is 27.6 Å². The van der Waals surface area contributed by atoms with E-state index in [-0.39, 0.29) is 30.1 Å². The van der Waals surface area contributed by atoms with Crippen LogP contribution in [0.25, 0.3) is 0 Å². The van der Waals surface area contributed by atoms with Crippen molar-refractivity contribution in [1.29, 1.82) is 0 Å². The van der Waals surface area contributed by atoms with Crippen LogP contribution in [0.5, 0.6) is 11.5 Å². The molecule has 1 unspecified atom stereocenters. The first-order chi connectivity index (χ1) is 17.0. The molecule has 0 amide bonds. The van der Waals surface area contributed by atoms with Crippen LogP contribution in [-0.2, 0) is 32.0 Å². The van der Waals surface area contributed by atoms with Crippen molar-refractivity contribution in [1.82, 2.24) is 0 Å². The number of aromatic hydroxyl groups is 1. The Morgan fingerprint density at radius 2 is 1.89 bits per heavy atom. The number of allylic oxidation sites excluding steroid dienone is 2. The van der Waals surface area contributed by atoms with E-state index < -0.39 is 12.1 Å². The molecule has 0 aliphatic carbocycles. The molecule has 1 N–H and O–H groups in total. The molecule has 0 saturated heterocycles. The number of phenols is 1. The third kappa shape index (κ3) is 8.09. The Bertz CT molecular complexity index is 954. The lowest BCUT2D eigenvalue weighted by Crippen LogP contribution is -2.31. The molecular formula is C28H36O7. The second-order valence-electron chi connectivity index (χ2n) is 8.76. The van der Waals surface area contributed by atoms with Crippen LogP contribution < -0.4 is 4.74 Å². The molecule has 2 aromatic rings. The van der Waals surface area contributed by atoms with Crippen molar-refractivity contribution in [3.8, 4) is 11.5 Å². The van der Waals surface area contributed by atoms with E-state index in [1.807, 2.05) is 36.4 Å². The van der Waals surface area contributed by atoms with Gasteiger partial charge < -0.3 is 28.8 Å². The van der Waals surface area contributed by atoms with E-state index in [9.17, 15) is 9.90 Å². The second kappa shape index (κ2) is 13.9. The standard InChI is InChI=1S/C28H36O7/c1-20-7-4-5-8-22-9-6-10-25(29)27(22)28(30)35-24(17-26(20)34-19-31-2)15-16-33-18-21-11-13-23(32-3)14-12-21/h4-6,9-14,20,24,26,29H,7-8,15-19H2,1-3H3/b5-4+/t20-,24-,26?/m1/s1. The summed E-state index contributed by atoms with van der Waals surface area (Å²) in [5.41, 5.74) is 1.98. The number of methoxy groups -OCH3 is 2. The molecule has 1 aliphatic rings. The molecule has 0 aromatic heterocycles. The third-order valence-corrected chi connectivity index (χ3v) is 6.16. The first kappa shape index (κ1) is 26.7. The number of cyclic esters (lactones) is 1. The highest BCUT2D eigenvalue weighted by Gasteiger charge is 2.27. The predicted octanol–water partition coefficient (Wildman–Crippen LogP) is 5.05. The molecule has 3 atom stereocenters. The van der Waals surface area contributed by atoms with Gasteiger partial charge in [-0.2, -0.15) is 0 Å². The average molecular weight is 485 g/mol. The zero-order chi connectivity index (χ0) is 25.0. The summed E-state index contributed by atoms with van der Waals surface area (Å²) in [7, 11) is 3.22. The lowest BCUT2D eigenvalue weighted by Gasteiger charge is -2.28. The molecule has 0 bridgehead atoms. The van der Waals surface area contributed by atoms with Gasteiger partial charge in [0.1, 0.15) is 30.0 Å². The number of ether oxygens (including phenoxy) is 5. The zero-order valence-electron chi connectivity index (χ0n) is 20.8. The van der Waals surface area contributed by atoms with Gasteiger partial charge in [0.05, 0.1) is 26.4 Å². The summed E-state index contributed by atoms with van der Waals surface area (Å²) in [5, 5.41) is 10.4. The summed E-state index contributed by atoms with van der Waals surface area (Å²) in [6, 6.07) is 12.8. The molecular weight excluding hydrogens is 448 g/mol. The molecule has 3 rings (SSSR count). The van der Waals surface area contributed by atoms with E-state index in [2.05, 4.69) is 13.0 Å². The van der Waals surface area contributed by atoms with Crippen LogP contribution in [-0.4, -0.2) is 50.9 Å². The maximum atomic E-state index is 13.1. The van der Waals surface area contributed by atoms with E-state index in [1.165, 1.54) is 6.07 Å². The Kier molecular flexibility index (Phi) is 10.6. The third-order valence-electron chi connectivity index (χ3n) is 6.16. The van der Waals surface area contributed by atoms with Crippen molar-refractivity contribution in [3.63, 3.8) is 0 Å². The Balaban J connectivity index is 1.72. The fourth-order valence-electron chi connectivity index (χ4n) is 4.11. The van der Waals surface area contributed by atoms with Crippen molar-refractivity contribution in [2.45, 2.75) is 51.4 Å². The average Bonchev–Trinajstić information content (AvgIpc) is 2.86. The van der Waals surface area contributed by atoms with Gasteiger partial charge in [0.2, 0.25) is 0 Å². The molecule has 1 aliphatic heterocycles. The molecule has 0 fully saturated rings. The van der Waals surface area contributed by atoms with Gasteiger partial charge in [0.15, 0.2) is 0 Å². The van der Waals surface area contributed by atoms with Gasteiger partial charge in [0, 0.05) is 20.0 Å².